The Hall–Kier alpha value is -1.95. The van der Waals surface area contributed by atoms with Crippen molar-refractivity contribution in [1.29, 1.82) is 0 Å². The van der Waals surface area contributed by atoms with Crippen molar-refractivity contribution in [3.63, 3.8) is 0 Å². The van der Waals surface area contributed by atoms with Crippen molar-refractivity contribution in [1.82, 2.24) is 5.32 Å². The maximum absolute atomic E-state index is 12.1. The van der Waals surface area contributed by atoms with Gasteiger partial charge >= 0.3 is 5.63 Å². The number of hydrogen-bond acceptors (Lipinski definition) is 5. The Labute approximate surface area is 170 Å². The average molecular weight is 400 g/mol. The van der Waals surface area contributed by atoms with Gasteiger partial charge in [-0.2, -0.15) is 0 Å². The zero-order chi connectivity index (χ0) is 20.5. The van der Waals surface area contributed by atoms with E-state index in [9.17, 15) is 9.90 Å². The summed E-state index contributed by atoms with van der Waals surface area (Å²) in [6.45, 7) is 11.1. The minimum atomic E-state index is -0.338. The summed E-state index contributed by atoms with van der Waals surface area (Å²) in [6, 6.07) is 9.77. The molecule has 150 valence electrons. The van der Waals surface area contributed by atoms with E-state index in [-0.39, 0.29) is 23.7 Å². The normalized spacial score (nSPS) is 13.4. The average Bonchev–Trinajstić information content (AvgIpc) is 3.14. The summed E-state index contributed by atoms with van der Waals surface area (Å²) in [5.74, 6) is 0.393. The summed E-state index contributed by atoms with van der Waals surface area (Å²) < 4.78 is 5.46. The molecule has 0 aliphatic carbocycles. The van der Waals surface area contributed by atoms with Crippen molar-refractivity contribution in [2.45, 2.75) is 53.1 Å². The molecule has 1 unspecified atom stereocenters. The second-order valence-electron chi connectivity index (χ2n) is 8.43. The topological polar surface area (TPSA) is 62.5 Å². The number of aliphatic hydroxyl groups excluding tert-OH is 1. The van der Waals surface area contributed by atoms with E-state index in [2.05, 4.69) is 38.2 Å². The number of hydrogen-bond donors (Lipinski definition) is 2. The molecule has 0 bridgehead atoms. The first-order chi connectivity index (χ1) is 13.2. The number of nitrogens with one attached hydrogen (secondary N) is 1. The van der Waals surface area contributed by atoms with Crippen LogP contribution in [0, 0.1) is 12.3 Å². The minimum Gasteiger partial charge on any atom is -0.423 e. The van der Waals surface area contributed by atoms with E-state index in [1.165, 1.54) is 10.4 Å². The predicted octanol–water partition coefficient (Wildman–Crippen LogP) is 5.14. The van der Waals surface area contributed by atoms with Gasteiger partial charge in [-0.3, -0.25) is 0 Å². The molecule has 0 radical (unpaired) electrons. The van der Waals surface area contributed by atoms with Gasteiger partial charge in [-0.1, -0.05) is 33.8 Å². The third kappa shape index (κ3) is 4.22. The SMILES string of the molecule is Cc1cc2oc(=O)cc(CNC(c3cccs3)C(C)(C)CO)c2cc1C(C)C. The van der Waals surface area contributed by atoms with Crippen LogP contribution in [0.2, 0.25) is 0 Å². The molecule has 2 heterocycles. The second kappa shape index (κ2) is 8.19. The van der Waals surface area contributed by atoms with E-state index < -0.39 is 0 Å². The van der Waals surface area contributed by atoms with Gasteiger partial charge in [0, 0.05) is 34.3 Å². The summed E-state index contributed by atoms with van der Waals surface area (Å²) in [4.78, 5) is 13.3. The standard InChI is InChI=1S/C23H29NO3S/c1-14(2)17-11-18-16(10-21(26)27-19(18)9-15(17)3)12-24-22(23(4,5)13-25)20-7-6-8-28-20/h6-11,14,22,24-25H,12-13H2,1-5H3. The first kappa shape index (κ1) is 20.8. The van der Waals surface area contributed by atoms with Crippen molar-refractivity contribution in [3.8, 4) is 0 Å². The Morgan fingerprint density at radius 2 is 2.00 bits per heavy atom. The molecule has 0 aliphatic rings. The van der Waals surface area contributed by atoms with Crippen LogP contribution in [0.4, 0.5) is 0 Å². The van der Waals surface area contributed by atoms with Crippen LogP contribution >= 0.6 is 11.3 Å². The molecule has 2 aromatic heterocycles. The van der Waals surface area contributed by atoms with Crippen LogP contribution in [0.25, 0.3) is 11.0 Å². The summed E-state index contributed by atoms with van der Waals surface area (Å²) >= 11 is 1.67. The van der Waals surface area contributed by atoms with Gasteiger partial charge in [0.05, 0.1) is 6.61 Å². The van der Waals surface area contributed by atoms with E-state index in [0.29, 0.717) is 18.0 Å². The number of thiophene rings is 1. The Morgan fingerprint density at radius 1 is 1.25 bits per heavy atom. The maximum atomic E-state index is 12.1. The number of fused-ring (bicyclic) bond motifs is 1. The fraction of sp³-hybridized carbons (Fsp3) is 0.435. The molecule has 0 saturated carbocycles. The molecule has 0 saturated heterocycles. The number of benzene rings is 1. The largest absolute Gasteiger partial charge is 0.423 e. The van der Waals surface area contributed by atoms with Crippen LogP contribution < -0.4 is 10.9 Å². The lowest BCUT2D eigenvalue weighted by Crippen LogP contribution is -2.36. The lowest BCUT2D eigenvalue weighted by Gasteiger charge is -2.33. The number of aryl methyl sites for hydroxylation is 1. The van der Waals surface area contributed by atoms with Gasteiger partial charge in [-0.25, -0.2) is 4.79 Å². The lowest BCUT2D eigenvalue weighted by atomic mass is 9.84. The van der Waals surface area contributed by atoms with Crippen molar-refractivity contribution in [3.05, 3.63) is 67.7 Å². The quantitative estimate of drug-likeness (QED) is 0.540. The predicted molar refractivity (Wildman–Crippen MR) is 116 cm³/mol. The maximum Gasteiger partial charge on any atom is 0.336 e. The third-order valence-electron chi connectivity index (χ3n) is 5.35. The molecule has 28 heavy (non-hydrogen) atoms. The van der Waals surface area contributed by atoms with Gasteiger partial charge in [0.2, 0.25) is 0 Å². The highest BCUT2D eigenvalue weighted by molar-refractivity contribution is 7.10. The first-order valence-electron chi connectivity index (χ1n) is 9.68. The van der Waals surface area contributed by atoms with Crippen LogP contribution in [0.5, 0.6) is 0 Å². The van der Waals surface area contributed by atoms with Gasteiger partial charge in [0.25, 0.3) is 0 Å². The van der Waals surface area contributed by atoms with Gasteiger partial charge in [-0.05, 0) is 53.1 Å². The molecule has 5 heteroatoms. The molecular formula is C23H29NO3S. The van der Waals surface area contributed by atoms with E-state index in [4.69, 9.17) is 4.42 Å². The zero-order valence-electron chi connectivity index (χ0n) is 17.2. The second-order valence-corrected chi connectivity index (χ2v) is 9.41. The molecule has 1 atom stereocenters. The molecule has 3 rings (SSSR count). The van der Waals surface area contributed by atoms with Gasteiger partial charge in [-0.15, -0.1) is 11.3 Å². The Bertz CT molecular complexity index is 1000. The van der Waals surface area contributed by atoms with Crippen LogP contribution in [0.1, 0.15) is 61.2 Å². The molecule has 0 amide bonds. The van der Waals surface area contributed by atoms with Gasteiger partial charge < -0.3 is 14.8 Å². The Morgan fingerprint density at radius 3 is 2.61 bits per heavy atom. The smallest absolute Gasteiger partial charge is 0.336 e. The van der Waals surface area contributed by atoms with Crippen molar-refractivity contribution >= 4 is 22.3 Å². The first-order valence-corrected chi connectivity index (χ1v) is 10.6. The van der Waals surface area contributed by atoms with Crippen LogP contribution in [0.3, 0.4) is 0 Å². The Kier molecular flexibility index (Phi) is 6.08. The highest BCUT2D eigenvalue weighted by Crippen LogP contribution is 2.36. The lowest BCUT2D eigenvalue weighted by molar-refractivity contribution is 0.116. The number of rotatable bonds is 7. The van der Waals surface area contributed by atoms with Crippen molar-refractivity contribution in [2.75, 3.05) is 6.61 Å². The molecule has 0 aliphatic heterocycles. The molecule has 3 aromatic rings. The third-order valence-corrected chi connectivity index (χ3v) is 6.29. The minimum absolute atomic E-state index is 0.0187. The summed E-state index contributed by atoms with van der Waals surface area (Å²) in [5, 5.41) is 16.5. The van der Waals surface area contributed by atoms with Crippen LogP contribution in [-0.2, 0) is 6.54 Å². The van der Waals surface area contributed by atoms with Gasteiger partial charge in [0.15, 0.2) is 0 Å². The molecular weight excluding hydrogens is 370 g/mol. The highest BCUT2D eigenvalue weighted by atomic mass is 32.1. The monoisotopic (exact) mass is 399 g/mol. The van der Waals surface area contributed by atoms with E-state index in [0.717, 1.165) is 16.5 Å². The fourth-order valence-corrected chi connectivity index (χ4v) is 4.69. The van der Waals surface area contributed by atoms with Crippen molar-refractivity contribution in [2.24, 2.45) is 5.41 Å². The van der Waals surface area contributed by atoms with E-state index in [1.807, 2.05) is 31.4 Å². The van der Waals surface area contributed by atoms with E-state index in [1.54, 1.807) is 17.4 Å². The number of aliphatic hydroxyl groups is 1. The summed E-state index contributed by atoms with van der Waals surface area (Å²) in [5.41, 5.74) is 3.26. The zero-order valence-corrected chi connectivity index (χ0v) is 18.0. The molecule has 2 N–H and O–H groups in total. The van der Waals surface area contributed by atoms with Crippen LogP contribution in [-0.4, -0.2) is 11.7 Å². The van der Waals surface area contributed by atoms with E-state index >= 15 is 0 Å². The summed E-state index contributed by atoms with van der Waals surface area (Å²) in [6.07, 6.45) is 0. The Balaban J connectivity index is 2.01. The fourth-order valence-electron chi connectivity index (χ4n) is 3.68. The highest BCUT2D eigenvalue weighted by Gasteiger charge is 2.30. The molecule has 4 nitrogen and oxygen atoms in total. The molecule has 0 spiro atoms. The van der Waals surface area contributed by atoms with Crippen molar-refractivity contribution < 1.29 is 9.52 Å². The van der Waals surface area contributed by atoms with Gasteiger partial charge in [0.1, 0.15) is 5.58 Å². The summed E-state index contributed by atoms with van der Waals surface area (Å²) in [7, 11) is 0. The van der Waals surface area contributed by atoms with Crippen LogP contribution in [0.15, 0.2) is 44.9 Å². The molecule has 1 aromatic carbocycles. The molecule has 0 fully saturated rings.